The molecule has 2 N–H and O–H groups in total. The molecule has 0 saturated heterocycles. The molecule has 0 aliphatic rings. The number of amides is 2. The largest absolute Gasteiger partial charge is 0.480 e. The maximum Gasteiger partial charge on any atom is 0.326 e. The first-order chi connectivity index (χ1) is 9.86. The van der Waals surface area contributed by atoms with Gasteiger partial charge in [-0.3, -0.25) is 4.90 Å². The fraction of sp³-hybridized carbons (Fsp3) is 0.400. The van der Waals surface area contributed by atoms with E-state index in [1.165, 1.54) is 11.9 Å². The molecule has 0 heterocycles. The van der Waals surface area contributed by atoms with Crippen LogP contribution in [0.15, 0.2) is 24.3 Å². The molecule has 0 aromatic heterocycles. The van der Waals surface area contributed by atoms with Crippen LogP contribution in [0.4, 0.5) is 10.5 Å². The van der Waals surface area contributed by atoms with Crippen molar-refractivity contribution in [1.29, 1.82) is 5.26 Å². The minimum Gasteiger partial charge on any atom is -0.480 e. The number of hydrogen-bond donors (Lipinski definition) is 2. The van der Waals surface area contributed by atoms with Crippen LogP contribution in [0, 0.1) is 17.2 Å². The van der Waals surface area contributed by atoms with Crippen LogP contribution >= 0.6 is 0 Å². The highest BCUT2D eigenvalue weighted by Crippen LogP contribution is 2.18. The van der Waals surface area contributed by atoms with Crippen molar-refractivity contribution in [3.05, 3.63) is 29.8 Å². The highest BCUT2D eigenvalue weighted by Gasteiger charge is 2.23. The number of nitrogens with zero attached hydrogens (tertiary/aromatic N) is 2. The van der Waals surface area contributed by atoms with Crippen LogP contribution in [-0.4, -0.2) is 30.2 Å². The number of nitrogens with one attached hydrogen (secondary N) is 1. The van der Waals surface area contributed by atoms with Gasteiger partial charge in [0, 0.05) is 7.05 Å². The lowest BCUT2D eigenvalue weighted by atomic mass is 10.0. The standard InChI is InChI=1S/C15H19N3O3/c1-10(2)8-12(14(19)20)17-15(21)18(3)13-7-5-4-6-11(13)9-16/h4-7,10,12H,8H2,1-3H3,(H,17,21)(H,19,20)/t12-/m1/s1. The summed E-state index contributed by atoms with van der Waals surface area (Å²) < 4.78 is 0. The van der Waals surface area contributed by atoms with E-state index in [2.05, 4.69) is 5.32 Å². The fourth-order valence-electron chi connectivity index (χ4n) is 1.91. The predicted molar refractivity (Wildman–Crippen MR) is 79.0 cm³/mol. The Morgan fingerprint density at radius 1 is 1.38 bits per heavy atom. The number of nitriles is 1. The number of carbonyl (C=O) groups is 2. The van der Waals surface area contributed by atoms with Gasteiger partial charge in [0.15, 0.2) is 0 Å². The number of para-hydroxylation sites is 1. The van der Waals surface area contributed by atoms with E-state index in [0.29, 0.717) is 17.7 Å². The normalized spacial score (nSPS) is 11.6. The molecule has 0 spiro atoms. The number of carboxylic acids is 1. The Morgan fingerprint density at radius 3 is 2.52 bits per heavy atom. The van der Waals surface area contributed by atoms with E-state index in [-0.39, 0.29) is 5.92 Å². The second-order valence-corrected chi connectivity index (χ2v) is 5.16. The first kappa shape index (κ1) is 16.5. The van der Waals surface area contributed by atoms with Crippen LogP contribution in [-0.2, 0) is 4.79 Å². The number of hydrogen-bond acceptors (Lipinski definition) is 3. The molecule has 0 radical (unpaired) electrons. The molecule has 21 heavy (non-hydrogen) atoms. The summed E-state index contributed by atoms with van der Waals surface area (Å²) in [6.07, 6.45) is 0.342. The highest BCUT2D eigenvalue weighted by molar-refractivity contribution is 5.95. The summed E-state index contributed by atoms with van der Waals surface area (Å²) in [5.74, 6) is -0.929. The van der Waals surface area contributed by atoms with E-state index in [9.17, 15) is 9.59 Å². The topological polar surface area (TPSA) is 93.4 Å². The molecule has 0 aliphatic carbocycles. The molecule has 1 aromatic rings. The molecule has 1 aromatic carbocycles. The van der Waals surface area contributed by atoms with Gasteiger partial charge in [0.2, 0.25) is 0 Å². The minimum absolute atomic E-state index is 0.142. The Balaban J connectivity index is 2.87. The molecule has 6 nitrogen and oxygen atoms in total. The van der Waals surface area contributed by atoms with Gasteiger partial charge in [0.25, 0.3) is 0 Å². The monoisotopic (exact) mass is 289 g/mol. The van der Waals surface area contributed by atoms with Crippen molar-refractivity contribution in [2.45, 2.75) is 26.3 Å². The number of carboxylic acid groups (broad SMARTS) is 1. The average molecular weight is 289 g/mol. The Labute approximate surface area is 124 Å². The van der Waals surface area contributed by atoms with Crippen molar-refractivity contribution in [1.82, 2.24) is 5.32 Å². The Hall–Kier alpha value is -2.55. The van der Waals surface area contributed by atoms with Crippen molar-refractivity contribution >= 4 is 17.7 Å². The summed E-state index contributed by atoms with van der Waals surface area (Å²) in [7, 11) is 1.50. The molecule has 0 bridgehead atoms. The molecule has 0 unspecified atom stereocenters. The van der Waals surface area contributed by atoms with E-state index in [0.717, 1.165) is 0 Å². The lowest BCUT2D eigenvalue weighted by Crippen LogP contribution is -2.47. The van der Waals surface area contributed by atoms with Crippen LogP contribution in [0.3, 0.4) is 0 Å². The molecule has 2 amide bonds. The summed E-state index contributed by atoms with van der Waals surface area (Å²) in [5, 5.41) is 20.6. The summed E-state index contributed by atoms with van der Waals surface area (Å²) in [4.78, 5) is 24.6. The molecule has 0 aliphatic heterocycles. The molecule has 0 saturated carbocycles. The molecule has 6 heteroatoms. The van der Waals surface area contributed by atoms with Crippen LogP contribution in [0.1, 0.15) is 25.8 Å². The number of benzene rings is 1. The first-order valence-electron chi connectivity index (χ1n) is 6.63. The zero-order valence-corrected chi connectivity index (χ0v) is 12.3. The minimum atomic E-state index is -1.07. The summed E-state index contributed by atoms with van der Waals surface area (Å²) in [6, 6.07) is 7.15. The maximum absolute atomic E-state index is 12.2. The van der Waals surface area contributed by atoms with Crippen molar-refractivity contribution in [3.63, 3.8) is 0 Å². The third kappa shape index (κ3) is 4.49. The zero-order chi connectivity index (χ0) is 16.0. The number of rotatable bonds is 5. The van der Waals surface area contributed by atoms with E-state index < -0.39 is 18.0 Å². The van der Waals surface area contributed by atoms with E-state index in [4.69, 9.17) is 10.4 Å². The number of carbonyl (C=O) groups excluding carboxylic acids is 1. The molecular weight excluding hydrogens is 270 g/mol. The van der Waals surface area contributed by atoms with Crippen LogP contribution in [0.25, 0.3) is 0 Å². The Bertz CT molecular complexity index is 564. The van der Waals surface area contributed by atoms with Crippen molar-refractivity contribution in [2.75, 3.05) is 11.9 Å². The van der Waals surface area contributed by atoms with Crippen molar-refractivity contribution in [3.8, 4) is 6.07 Å². The second kappa shape index (κ2) is 7.29. The van der Waals surface area contributed by atoms with Gasteiger partial charge in [0.1, 0.15) is 12.1 Å². The number of aliphatic carboxylic acids is 1. The maximum atomic E-state index is 12.2. The van der Waals surface area contributed by atoms with Gasteiger partial charge in [-0.15, -0.1) is 0 Å². The second-order valence-electron chi connectivity index (χ2n) is 5.16. The molecular formula is C15H19N3O3. The van der Waals surface area contributed by atoms with Gasteiger partial charge in [-0.25, -0.2) is 9.59 Å². The Morgan fingerprint density at radius 2 is 2.00 bits per heavy atom. The summed E-state index contributed by atoms with van der Waals surface area (Å²) in [6.45, 7) is 3.77. The van der Waals surface area contributed by atoms with E-state index in [1.54, 1.807) is 24.3 Å². The smallest absolute Gasteiger partial charge is 0.326 e. The van der Waals surface area contributed by atoms with Crippen molar-refractivity contribution < 1.29 is 14.7 Å². The molecule has 112 valence electrons. The summed E-state index contributed by atoms with van der Waals surface area (Å²) >= 11 is 0. The van der Waals surface area contributed by atoms with Crippen molar-refractivity contribution in [2.24, 2.45) is 5.92 Å². The van der Waals surface area contributed by atoms with Gasteiger partial charge in [-0.2, -0.15) is 5.26 Å². The van der Waals surface area contributed by atoms with E-state index in [1.807, 2.05) is 19.9 Å². The average Bonchev–Trinajstić information content (AvgIpc) is 2.45. The van der Waals surface area contributed by atoms with Crippen LogP contribution in [0.2, 0.25) is 0 Å². The lowest BCUT2D eigenvalue weighted by molar-refractivity contribution is -0.139. The Kier molecular flexibility index (Phi) is 5.73. The molecule has 0 fully saturated rings. The van der Waals surface area contributed by atoms with Gasteiger partial charge >= 0.3 is 12.0 Å². The van der Waals surface area contributed by atoms with Crippen LogP contribution < -0.4 is 10.2 Å². The third-order valence-electron chi connectivity index (χ3n) is 2.99. The predicted octanol–water partition coefficient (Wildman–Crippen LogP) is 2.20. The van der Waals surface area contributed by atoms with Gasteiger partial charge in [0.05, 0.1) is 11.3 Å². The van der Waals surface area contributed by atoms with Gasteiger partial charge in [-0.1, -0.05) is 26.0 Å². The molecule has 1 atom stereocenters. The van der Waals surface area contributed by atoms with Gasteiger partial charge in [-0.05, 0) is 24.5 Å². The van der Waals surface area contributed by atoms with Gasteiger partial charge < -0.3 is 10.4 Å². The highest BCUT2D eigenvalue weighted by atomic mass is 16.4. The fourth-order valence-corrected chi connectivity index (χ4v) is 1.91. The lowest BCUT2D eigenvalue weighted by Gasteiger charge is -2.23. The zero-order valence-electron chi connectivity index (χ0n) is 12.3. The number of anilines is 1. The first-order valence-corrected chi connectivity index (χ1v) is 6.63. The quantitative estimate of drug-likeness (QED) is 0.869. The number of urea groups is 1. The van der Waals surface area contributed by atoms with Crippen LogP contribution in [0.5, 0.6) is 0 Å². The third-order valence-corrected chi connectivity index (χ3v) is 2.99. The summed E-state index contributed by atoms with van der Waals surface area (Å²) in [5.41, 5.74) is 0.789. The molecule has 1 rings (SSSR count). The van der Waals surface area contributed by atoms with E-state index >= 15 is 0 Å². The SMILES string of the molecule is CC(C)C[C@@H](NC(=O)N(C)c1ccccc1C#N)C(=O)O.